The summed E-state index contributed by atoms with van der Waals surface area (Å²) in [7, 11) is 3.91. The third-order valence-electron chi connectivity index (χ3n) is 4.57. The van der Waals surface area contributed by atoms with Gasteiger partial charge in [0.1, 0.15) is 5.75 Å². The Kier molecular flexibility index (Phi) is 5.64. The van der Waals surface area contributed by atoms with E-state index in [0.29, 0.717) is 5.41 Å². The number of rotatable bonds is 5. The molecular weight excluding hydrogens is 266 g/mol. The summed E-state index contributed by atoms with van der Waals surface area (Å²) >= 11 is 4.67. The lowest BCUT2D eigenvalue weighted by Gasteiger charge is -2.36. The molecule has 20 heavy (non-hydrogen) atoms. The van der Waals surface area contributed by atoms with Crippen molar-refractivity contribution in [3.05, 3.63) is 24.3 Å². The molecule has 1 aromatic rings. The van der Waals surface area contributed by atoms with Gasteiger partial charge in [0.2, 0.25) is 0 Å². The van der Waals surface area contributed by atoms with Gasteiger partial charge in [-0.2, -0.15) is 12.6 Å². The van der Waals surface area contributed by atoms with E-state index in [1.54, 1.807) is 7.11 Å². The summed E-state index contributed by atoms with van der Waals surface area (Å²) in [5.74, 6) is 1.91. The summed E-state index contributed by atoms with van der Waals surface area (Å²) in [4.78, 5) is 2.37. The van der Waals surface area contributed by atoms with Gasteiger partial charge in [0.05, 0.1) is 7.11 Å². The predicted molar refractivity (Wildman–Crippen MR) is 90.3 cm³/mol. The van der Waals surface area contributed by atoms with Crippen LogP contribution in [0.5, 0.6) is 5.75 Å². The molecule has 2 nitrogen and oxygen atoms in total. The van der Waals surface area contributed by atoms with E-state index in [1.807, 2.05) is 6.07 Å². The zero-order valence-electron chi connectivity index (χ0n) is 12.8. The van der Waals surface area contributed by atoms with Gasteiger partial charge >= 0.3 is 0 Å². The van der Waals surface area contributed by atoms with Crippen LogP contribution in [0, 0.1) is 5.41 Å². The fraction of sp³-hybridized carbons (Fsp3) is 0.647. The van der Waals surface area contributed by atoms with Gasteiger partial charge in [-0.05, 0) is 36.1 Å². The van der Waals surface area contributed by atoms with Crippen LogP contribution in [0.4, 0.5) is 5.69 Å². The number of hydrogen-bond acceptors (Lipinski definition) is 3. The van der Waals surface area contributed by atoms with Gasteiger partial charge in [-0.1, -0.05) is 31.7 Å². The highest BCUT2D eigenvalue weighted by atomic mass is 32.1. The number of hydrogen-bond donors (Lipinski definition) is 1. The zero-order chi connectivity index (χ0) is 14.4. The number of thiol groups is 1. The largest absolute Gasteiger partial charge is 0.497 e. The van der Waals surface area contributed by atoms with Crippen molar-refractivity contribution in [1.82, 2.24) is 0 Å². The van der Waals surface area contributed by atoms with Crippen molar-refractivity contribution in [3.63, 3.8) is 0 Å². The summed E-state index contributed by atoms with van der Waals surface area (Å²) in [5, 5.41) is 0. The van der Waals surface area contributed by atoms with E-state index in [0.717, 1.165) is 18.0 Å². The number of benzene rings is 1. The second-order valence-electron chi connectivity index (χ2n) is 6.13. The second kappa shape index (κ2) is 7.26. The molecule has 0 unspecified atom stereocenters. The molecule has 1 aliphatic rings. The van der Waals surface area contributed by atoms with Crippen LogP contribution in [0.25, 0.3) is 0 Å². The summed E-state index contributed by atoms with van der Waals surface area (Å²) in [6.45, 7) is 1.09. The average Bonchev–Trinajstić information content (AvgIpc) is 2.73. The van der Waals surface area contributed by atoms with Gasteiger partial charge in [0.15, 0.2) is 0 Å². The minimum atomic E-state index is 0.372. The van der Waals surface area contributed by atoms with E-state index in [9.17, 15) is 0 Å². The normalized spacial score (nSPS) is 18.4. The highest BCUT2D eigenvalue weighted by molar-refractivity contribution is 7.80. The van der Waals surface area contributed by atoms with Crippen LogP contribution in [0.2, 0.25) is 0 Å². The molecule has 0 spiro atoms. The lowest BCUT2D eigenvalue weighted by molar-refractivity contribution is 0.293. The van der Waals surface area contributed by atoms with Gasteiger partial charge in [-0.15, -0.1) is 0 Å². The summed E-state index contributed by atoms with van der Waals surface area (Å²) in [6, 6.07) is 8.33. The first-order chi connectivity index (χ1) is 9.69. The molecule has 112 valence electrons. The van der Waals surface area contributed by atoms with Crippen molar-refractivity contribution >= 4 is 18.3 Å². The third kappa shape index (κ3) is 3.85. The average molecular weight is 293 g/mol. The molecule has 0 aliphatic heterocycles. The molecule has 2 rings (SSSR count). The lowest BCUT2D eigenvalue weighted by atomic mass is 9.81. The molecule has 0 aromatic heterocycles. The van der Waals surface area contributed by atoms with E-state index in [1.165, 1.54) is 44.2 Å². The molecule has 0 radical (unpaired) electrons. The number of ether oxygens (including phenoxy) is 1. The smallest absolute Gasteiger partial charge is 0.120 e. The molecule has 0 heterocycles. The highest BCUT2D eigenvalue weighted by Gasteiger charge is 2.31. The van der Waals surface area contributed by atoms with Gasteiger partial charge in [-0.25, -0.2) is 0 Å². The maximum Gasteiger partial charge on any atom is 0.120 e. The summed E-state index contributed by atoms with van der Waals surface area (Å²) in [6.07, 6.45) is 8.10. The molecule has 1 aromatic carbocycles. The van der Waals surface area contributed by atoms with E-state index >= 15 is 0 Å². The zero-order valence-corrected chi connectivity index (χ0v) is 13.7. The van der Waals surface area contributed by atoms with E-state index in [2.05, 4.69) is 42.8 Å². The molecule has 0 amide bonds. The summed E-state index contributed by atoms with van der Waals surface area (Å²) in [5.41, 5.74) is 1.60. The highest BCUT2D eigenvalue weighted by Crippen LogP contribution is 2.37. The van der Waals surface area contributed by atoms with Crippen molar-refractivity contribution in [2.75, 3.05) is 31.4 Å². The fourth-order valence-electron chi connectivity index (χ4n) is 3.29. The molecule has 0 bridgehead atoms. The Bertz CT molecular complexity index is 413. The molecule has 1 saturated carbocycles. The van der Waals surface area contributed by atoms with E-state index in [-0.39, 0.29) is 0 Å². The predicted octanol–water partition coefficient (Wildman–Crippen LogP) is 4.40. The molecule has 0 N–H and O–H groups in total. The van der Waals surface area contributed by atoms with Crippen molar-refractivity contribution in [3.8, 4) is 5.75 Å². The second-order valence-corrected chi connectivity index (χ2v) is 6.45. The lowest BCUT2D eigenvalue weighted by Crippen LogP contribution is -2.37. The maximum atomic E-state index is 5.32. The molecular formula is C17H27NOS. The molecule has 0 saturated heterocycles. The Hall–Kier alpha value is -0.830. The first-order valence-corrected chi connectivity index (χ1v) is 8.28. The van der Waals surface area contributed by atoms with E-state index < -0.39 is 0 Å². The van der Waals surface area contributed by atoms with Crippen LogP contribution in [-0.4, -0.2) is 26.5 Å². The number of nitrogens with zero attached hydrogens (tertiary/aromatic N) is 1. The SMILES string of the molecule is COc1cccc(N(C)CC2(CS)CCCCCC2)c1. The summed E-state index contributed by atoms with van der Waals surface area (Å²) < 4.78 is 5.32. The molecule has 0 atom stereocenters. The van der Waals surface area contributed by atoms with Crippen LogP contribution in [-0.2, 0) is 0 Å². The fourth-order valence-corrected chi connectivity index (χ4v) is 3.70. The maximum absolute atomic E-state index is 5.32. The minimum Gasteiger partial charge on any atom is -0.497 e. The third-order valence-corrected chi connectivity index (χ3v) is 5.24. The Morgan fingerprint density at radius 2 is 1.90 bits per heavy atom. The quantitative estimate of drug-likeness (QED) is 0.638. The topological polar surface area (TPSA) is 12.5 Å². The van der Waals surface area contributed by atoms with Gasteiger partial charge in [0, 0.05) is 25.3 Å². The molecule has 1 fully saturated rings. The first-order valence-electron chi connectivity index (χ1n) is 7.65. The Morgan fingerprint density at radius 3 is 2.50 bits per heavy atom. The number of anilines is 1. The Morgan fingerprint density at radius 1 is 1.20 bits per heavy atom. The van der Waals surface area contributed by atoms with Crippen molar-refractivity contribution in [2.24, 2.45) is 5.41 Å². The van der Waals surface area contributed by atoms with Crippen LogP contribution in [0.3, 0.4) is 0 Å². The molecule has 1 aliphatic carbocycles. The standard InChI is InChI=1S/C17H27NOS/c1-18(15-8-7-9-16(12-15)19-2)13-17(14-20)10-5-3-4-6-11-17/h7-9,12,20H,3-6,10-11,13-14H2,1-2H3. The van der Waals surface area contributed by atoms with Gasteiger partial charge in [0.25, 0.3) is 0 Å². The van der Waals surface area contributed by atoms with Crippen molar-refractivity contribution in [2.45, 2.75) is 38.5 Å². The van der Waals surface area contributed by atoms with E-state index in [4.69, 9.17) is 4.74 Å². The van der Waals surface area contributed by atoms with Crippen LogP contribution in [0.1, 0.15) is 38.5 Å². The van der Waals surface area contributed by atoms with Crippen LogP contribution in [0.15, 0.2) is 24.3 Å². The molecule has 3 heteroatoms. The Balaban J connectivity index is 2.09. The van der Waals surface area contributed by atoms with Crippen LogP contribution >= 0.6 is 12.6 Å². The van der Waals surface area contributed by atoms with Gasteiger partial charge in [-0.3, -0.25) is 0 Å². The number of methoxy groups -OCH3 is 1. The first kappa shape index (κ1) is 15.6. The van der Waals surface area contributed by atoms with Crippen molar-refractivity contribution < 1.29 is 4.74 Å². The van der Waals surface area contributed by atoms with Crippen LogP contribution < -0.4 is 9.64 Å². The Labute approximate surface area is 128 Å². The minimum absolute atomic E-state index is 0.372. The van der Waals surface area contributed by atoms with Crippen molar-refractivity contribution in [1.29, 1.82) is 0 Å². The monoisotopic (exact) mass is 293 g/mol. The van der Waals surface area contributed by atoms with Gasteiger partial charge < -0.3 is 9.64 Å².